The molecule has 0 unspecified atom stereocenters. The van der Waals surface area contributed by atoms with Crippen LogP contribution in [-0.2, 0) is 14.3 Å². The molecule has 3 aliphatic rings. The molecular formula is C25H32F2N2O3. The van der Waals surface area contributed by atoms with Crippen molar-refractivity contribution < 1.29 is 23.1 Å². The van der Waals surface area contributed by atoms with E-state index in [1.165, 1.54) is 18.6 Å². The Hall–Kier alpha value is -2.28. The summed E-state index contributed by atoms with van der Waals surface area (Å²) in [6.45, 7) is 1.69. The van der Waals surface area contributed by atoms with Gasteiger partial charge in [-0.3, -0.25) is 9.59 Å². The standard InChI is InChI=1S/C25H32F2N2O3/c26-20-7-8-22(27)19(16-20)6-9-23(30)29-14-12-25(13-15-29)11-10-21(32-25)17-28-24(31)18-4-2-1-3-5-18/h6-9,16,18,21H,1-5,10-15,17H2,(H,28,31)/b9-6+/t21-/m1/s1. The molecule has 1 aliphatic carbocycles. The van der Waals surface area contributed by atoms with Gasteiger partial charge in [-0.15, -0.1) is 0 Å². The second-order valence-corrected chi connectivity index (χ2v) is 9.37. The van der Waals surface area contributed by atoms with Crippen molar-refractivity contribution in [3.05, 3.63) is 41.5 Å². The lowest BCUT2D eigenvalue weighted by Crippen LogP contribution is -2.47. The van der Waals surface area contributed by atoms with Crippen molar-refractivity contribution >= 4 is 17.9 Å². The molecule has 32 heavy (non-hydrogen) atoms. The van der Waals surface area contributed by atoms with E-state index in [4.69, 9.17) is 4.74 Å². The van der Waals surface area contributed by atoms with Crippen LogP contribution >= 0.6 is 0 Å². The van der Waals surface area contributed by atoms with Crippen LogP contribution in [0.25, 0.3) is 6.08 Å². The van der Waals surface area contributed by atoms with Gasteiger partial charge in [-0.05, 0) is 62.8 Å². The van der Waals surface area contributed by atoms with Crippen LogP contribution in [-0.4, -0.2) is 48.1 Å². The molecule has 1 spiro atoms. The Morgan fingerprint density at radius 3 is 2.59 bits per heavy atom. The number of hydrogen-bond donors (Lipinski definition) is 1. The lowest BCUT2D eigenvalue weighted by atomic mass is 9.88. The Bertz CT molecular complexity index is 859. The van der Waals surface area contributed by atoms with E-state index in [2.05, 4.69) is 5.32 Å². The number of halogens is 2. The summed E-state index contributed by atoms with van der Waals surface area (Å²) in [5.74, 6) is -0.994. The quantitative estimate of drug-likeness (QED) is 0.690. The van der Waals surface area contributed by atoms with Crippen LogP contribution in [0.15, 0.2) is 24.3 Å². The summed E-state index contributed by atoms with van der Waals surface area (Å²) in [4.78, 5) is 26.6. The van der Waals surface area contributed by atoms with Crippen molar-refractivity contribution in [3.63, 3.8) is 0 Å². The SMILES string of the molecule is O=C(NC[C@H]1CCC2(CCN(C(=O)/C=C/c3cc(F)ccc3F)CC2)O1)C1CCCCC1. The van der Waals surface area contributed by atoms with Gasteiger partial charge in [-0.25, -0.2) is 8.78 Å². The zero-order valence-electron chi connectivity index (χ0n) is 18.5. The van der Waals surface area contributed by atoms with Crippen LogP contribution < -0.4 is 5.32 Å². The number of amides is 2. The lowest BCUT2D eigenvalue weighted by molar-refractivity contribution is -0.134. The van der Waals surface area contributed by atoms with Crippen molar-refractivity contribution in [1.29, 1.82) is 0 Å². The summed E-state index contributed by atoms with van der Waals surface area (Å²) in [6.07, 6.45) is 11.5. The van der Waals surface area contributed by atoms with Crippen LogP contribution in [0.1, 0.15) is 63.4 Å². The molecule has 0 bridgehead atoms. The first kappa shape index (κ1) is 22.9. The molecule has 0 aromatic heterocycles. The minimum absolute atomic E-state index is 0.0284. The van der Waals surface area contributed by atoms with Crippen molar-refractivity contribution in [2.24, 2.45) is 5.92 Å². The molecule has 174 valence electrons. The van der Waals surface area contributed by atoms with Crippen molar-refractivity contribution in [2.45, 2.75) is 69.5 Å². The topological polar surface area (TPSA) is 58.6 Å². The number of piperidine rings is 1. The maximum absolute atomic E-state index is 13.7. The van der Waals surface area contributed by atoms with Crippen LogP contribution in [0.5, 0.6) is 0 Å². The summed E-state index contributed by atoms with van der Waals surface area (Å²) in [5, 5.41) is 3.09. The average Bonchev–Trinajstić information content (AvgIpc) is 3.21. The van der Waals surface area contributed by atoms with E-state index in [9.17, 15) is 18.4 Å². The molecule has 3 fully saturated rings. The summed E-state index contributed by atoms with van der Waals surface area (Å²) >= 11 is 0. The Morgan fingerprint density at radius 1 is 1.09 bits per heavy atom. The Balaban J connectivity index is 1.22. The average molecular weight is 447 g/mol. The fourth-order valence-corrected chi connectivity index (χ4v) is 5.17. The molecule has 1 atom stereocenters. The molecule has 1 aromatic rings. The third-order valence-corrected chi connectivity index (χ3v) is 7.17. The van der Waals surface area contributed by atoms with Crippen molar-refractivity contribution in [2.75, 3.05) is 19.6 Å². The number of likely N-dealkylation sites (tertiary alicyclic amines) is 1. The second kappa shape index (κ2) is 10.1. The highest BCUT2D eigenvalue weighted by Gasteiger charge is 2.43. The number of nitrogens with zero attached hydrogens (tertiary/aromatic N) is 1. The van der Waals surface area contributed by atoms with E-state index >= 15 is 0 Å². The first-order chi connectivity index (χ1) is 15.4. The number of carbonyl (C=O) groups excluding carboxylic acids is 2. The Labute approximate surface area is 188 Å². The molecule has 2 heterocycles. The minimum atomic E-state index is -0.561. The number of hydrogen-bond acceptors (Lipinski definition) is 3. The molecular weight excluding hydrogens is 414 g/mol. The van der Waals surface area contributed by atoms with Gasteiger partial charge in [0.15, 0.2) is 0 Å². The fourth-order valence-electron chi connectivity index (χ4n) is 5.17. The summed E-state index contributed by atoms with van der Waals surface area (Å²) in [5.41, 5.74) is -0.167. The highest BCUT2D eigenvalue weighted by Crippen LogP contribution is 2.39. The highest BCUT2D eigenvalue weighted by molar-refractivity contribution is 5.91. The van der Waals surface area contributed by atoms with Crippen molar-refractivity contribution in [1.82, 2.24) is 10.2 Å². The Kier molecular flexibility index (Phi) is 7.23. The van der Waals surface area contributed by atoms with Crippen LogP contribution in [0.3, 0.4) is 0 Å². The molecule has 2 saturated heterocycles. The number of carbonyl (C=O) groups is 2. The molecule has 7 heteroatoms. The third-order valence-electron chi connectivity index (χ3n) is 7.17. The largest absolute Gasteiger partial charge is 0.370 e. The van der Waals surface area contributed by atoms with Gasteiger partial charge in [0.25, 0.3) is 0 Å². The van der Waals surface area contributed by atoms with E-state index in [-0.39, 0.29) is 35.0 Å². The van der Waals surface area contributed by atoms with Crippen LogP contribution in [0.2, 0.25) is 0 Å². The van der Waals surface area contributed by atoms with E-state index in [0.29, 0.717) is 19.6 Å². The van der Waals surface area contributed by atoms with Gasteiger partial charge in [-0.1, -0.05) is 19.3 Å². The maximum atomic E-state index is 13.7. The highest BCUT2D eigenvalue weighted by atomic mass is 19.1. The van der Waals surface area contributed by atoms with Gasteiger partial charge < -0.3 is 15.0 Å². The van der Waals surface area contributed by atoms with Gasteiger partial charge in [0.2, 0.25) is 11.8 Å². The first-order valence-corrected chi connectivity index (χ1v) is 11.8. The smallest absolute Gasteiger partial charge is 0.246 e. The van der Waals surface area contributed by atoms with Crippen molar-refractivity contribution in [3.8, 4) is 0 Å². The molecule has 4 rings (SSSR count). The van der Waals surface area contributed by atoms with E-state index in [1.807, 2.05) is 0 Å². The monoisotopic (exact) mass is 446 g/mol. The Morgan fingerprint density at radius 2 is 1.84 bits per heavy atom. The lowest BCUT2D eigenvalue weighted by Gasteiger charge is -2.39. The number of benzene rings is 1. The van der Waals surface area contributed by atoms with Gasteiger partial charge in [0.05, 0.1) is 11.7 Å². The van der Waals surface area contributed by atoms with Gasteiger partial charge in [0.1, 0.15) is 11.6 Å². The van der Waals surface area contributed by atoms with E-state index < -0.39 is 11.6 Å². The summed E-state index contributed by atoms with van der Waals surface area (Å²) in [6, 6.07) is 3.17. The van der Waals surface area contributed by atoms with Crippen LogP contribution in [0.4, 0.5) is 8.78 Å². The van der Waals surface area contributed by atoms with E-state index in [1.54, 1.807) is 4.90 Å². The molecule has 0 radical (unpaired) electrons. The fraction of sp³-hybridized carbons (Fsp3) is 0.600. The number of nitrogens with one attached hydrogen (secondary N) is 1. The van der Waals surface area contributed by atoms with Gasteiger partial charge in [-0.2, -0.15) is 0 Å². The molecule has 1 saturated carbocycles. The van der Waals surface area contributed by atoms with Crippen LogP contribution in [0, 0.1) is 17.6 Å². The number of ether oxygens (including phenoxy) is 1. The minimum Gasteiger partial charge on any atom is -0.370 e. The molecule has 1 N–H and O–H groups in total. The molecule has 2 aliphatic heterocycles. The normalized spacial score (nSPS) is 23.7. The summed E-state index contributed by atoms with van der Waals surface area (Å²) < 4.78 is 33.4. The first-order valence-electron chi connectivity index (χ1n) is 11.8. The molecule has 2 amide bonds. The maximum Gasteiger partial charge on any atom is 0.246 e. The van der Waals surface area contributed by atoms with Gasteiger partial charge in [0, 0.05) is 37.2 Å². The van der Waals surface area contributed by atoms with E-state index in [0.717, 1.165) is 69.6 Å². The molecule has 1 aromatic carbocycles. The van der Waals surface area contributed by atoms with Gasteiger partial charge >= 0.3 is 0 Å². The zero-order chi connectivity index (χ0) is 22.6. The predicted molar refractivity (Wildman–Crippen MR) is 118 cm³/mol. The third kappa shape index (κ3) is 5.55. The summed E-state index contributed by atoms with van der Waals surface area (Å²) in [7, 11) is 0. The predicted octanol–water partition coefficient (Wildman–Crippen LogP) is 4.21. The second-order valence-electron chi connectivity index (χ2n) is 9.37. The molecule has 5 nitrogen and oxygen atoms in total. The number of rotatable bonds is 5. The zero-order valence-corrected chi connectivity index (χ0v) is 18.5.